The Labute approximate surface area is 92.0 Å². The second-order valence-electron chi connectivity index (χ2n) is 2.99. The average molecular weight is 236 g/mol. The van der Waals surface area contributed by atoms with E-state index in [9.17, 15) is 8.78 Å². The van der Waals surface area contributed by atoms with E-state index in [4.69, 9.17) is 22.1 Å². The Hall–Kier alpha value is -0.870. The average Bonchev–Trinajstić information content (AvgIpc) is 2.17. The standard InChI is InChI=1S/C10H12ClF2NO/c11-8-1-2-9(15-6-10(12)13)7(5-8)3-4-14/h1-2,5,10H,3-4,6,14H2. The molecule has 5 heteroatoms. The Kier molecular flexibility index (Phi) is 4.78. The van der Waals surface area contributed by atoms with E-state index in [0.717, 1.165) is 5.56 Å². The summed E-state index contributed by atoms with van der Waals surface area (Å²) in [6.45, 7) is -0.190. The molecule has 0 atom stereocenters. The van der Waals surface area contributed by atoms with E-state index in [1.54, 1.807) is 18.2 Å². The molecule has 0 fully saturated rings. The lowest BCUT2D eigenvalue weighted by Crippen LogP contribution is -2.10. The monoisotopic (exact) mass is 235 g/mol. The van der Waals surface area contributed by atoms with Crippen LogP contribution in [0.2, 0.25) is 5.02 Å². The van der Waals surface area contributed by atoms with E-state index >= 15 is 0 Å². The molecule has 0 heterocycles. The van der Waals surface area contributed by atoms with E-state index in [-0.39, 0.29) is 0 Å². The lowest BCUT2D eigenvalue weighted by molar-refractivity contribution is 0.0814. The Bertz CT molecular complexity index is 320. The lowest BCUT2D eigenvalue weighted by Gasteiger charge is -2.10. The lowest BCUT2D eigenvalue weighted by atomic mass is 10.1. The molecule has 0 amide bonds. The first kappa shape index (κ1) is 12.2. The summed E-state index contributed by atoms with van der Waals surface area (Å²) in [4.78, 5) is 0. The molecule has 84 valence electrons. The quantitative estimate of drug-likeness (QED) is 0.851. The first-order valence-corrected chi connectivity index (χ1v) is 4.90. The predicted molar refractivity (Wildman–Crippen MR) is 55.7 cm³/mol. The number of nitrogens with two attached hydrogens (primary N) is 1. The maximum atomic E-state index is 11.9. The van der Waals surface area contributed by atoms with Crippen LogP contribution >= 0.6 is 11.6 Å². The van der Waals surface area contributed by atoms with Crippen molar-refractivity contribution in [1.82, 2.24) is 0 Å². The van der Waals surface area contributed by atoms with Gasteiger partial charge < -0.3 is 10.5 Å². The van der Waals surface area contributed by atoms with Crippen LogP contribution in [-0.2, 0) is 6.42 Å². The maximum Gasteiger partial charge on any atom is 0.272 e. The van der Waals surface area contributed by atoms with Gasteiger partial charge in [-0.05, 0) is 36.7 Å². The molecule has 1 rings (SSSR count). The summed E-state index contributed by atoms with van der Waals surface area (Å²) in [5.74, 6) is 0.421. The van der Waals surface area contributed by atoms with Crippen molar-refractivity contribution in [2.45, 2.75) is 12.8 Å². The van der Waals surface area contributed by atoms with Crippen molar-refractivity contribution in [2.75, 3.05) is 13.2 Å². The molecule has 0 bridgehead atoms. The number of hydrogen-bond donors (Lipinski definition) is 1. The van der Waals surface area contributed by atoms with Gasteiger partial charge >= 0.3 is 0 Å². The van der Waals surface area contributed by atoms with E-state index < -0.39 is 13.0 Å². The third-order valence-electron chi connectivity index (χ3n) is 1.80. The van der Waals surface area contributed by atoms with Gasteiger partial charge in [-0.15, -0.1) is 0 Å². The topological polar surface area (TPSA) is 35.2 Å². The van der Waals surface area contributed by atoms with Gasteiger partial charge in [-0.25, -0.2) is 8.78 Å². The number of benzene rings is 1. The summed E-state index contributed by atoms with van der Waals surface area (Å²) in [5, 5.41) is 0.544. The molecule has 0 aliphatic heterocycles. The van der Waals surface area contributed by atoms with Crippen LogP contribution in [0.3, 0.4) is 0 Å². The minimum Gasteiger partial charge on any atom is -0.487 e. The highest BCUT2D eigenvalue weighted by molar-refractivity contribution is 6.30. The Morgan fingerprint density at radius 2 is 2.13 bits per heavy atom. The summed E-state index contributed by atoms with van der Waals surface area (Å²) in [6, 6.07) is 4.85. The van der Waals surface area contributed by atoms with Gasteiger partial charge in [0.05, 0.1) is 0 Å². The predicted octanol–water partition coefficient (Wildman–Crippen LogP) is 2.49. The highest BCUT2D eigenvalue weighted by atomic mass is 35.5. The molecule has 0 radical (unpaired) electrons. The summed E-state index contributed by atoms with van der Waals surface area (Å²) in [7, 11) is 0. The van der Waals surface area contributed by atoms with Gasteiger partial charge in [0.1, 0.15) is 12.4 Å². The van der Waals surface area contributed by atoms with Gasteiger partial charge in [0, 0.05) is 5.02 Å². The molecule has 2 nitrogen and oxygen atoms in total. The maximum absolute atomic E-state index is 11.9. The van der Waals surface area contributed by atoms with Crippen molar-refractivity contribution >= 4 is 11.6 Å². The van der Waals surface area contributed by atoms with Crippen LogP contribution in [0.25, 0.3) is 0 Å². The van der Waals surface area contributed by atoms with E-state index in [2.05, 4.69) is 0 Å². The Morgan fingerprint density at radius 3 is 2.73 bits per heavy atom. The van der Waals surface area contributed by atoms with Crippen LogP contribution in [0.1, 0.15) is 5.56 Å². The van der Waals surface area contributed by atoms with Gasteiger partial charge in [0.2, 0.25) is 0 Å². The third kappa shape index (κ3) is 4.01. The van der Waals surface area contributed by atoms with Crippen LogP contribution < -0.4 is 10.5 Å². The first-order valence-electron chi connectivity index (χ1n) is 4.53. The SMILES string of the molecule is NCCc1cc(Cl)ccc1OCC(F)F. The number of alkyl halides is 2. The molecule has 15 heavy (non-hydrogen) atoms. The van der Waals surface area contributed by atoms with E-state index in [1.807, 2.05) is 0 Å². The zero-order valence-corrected chi connectivity index (χ0v) is 8.81. The van der Waals surface area contributed by atoms with Crippen LogP contribution in [-0.4, -0.2) is 19.6 Å². The molecule has 0 unspecified atom stereocenters. The number of hydrogen-bond acceptors (Lipinski definition) is 2. The summed E-state index contributed by atoms with van der Waals surface area (Å²) < 4.78 is 28.8. The van der Waals surface area contributed by atoms with Gasteiger partial charge in [0.15, 0.2) is 0 Å². The van der Waals surface area contributed by atoms with Crippen molar-refractivity contribution in [1.29, 1.82) is 0 Å². The van der Waals surface area contributed by atoms with E-state index in [0.29, 0.717) is 23.7 Å². The summed E-state index contributed by atoms with van der Waals surface area (Å²) in [6.07, 6.45) is -1.93. The fourth-order valence-corrected chi connectivity index (χ4v) is 1.39. The molecule has 1 aromatic rings. The first-order chi connectivity index (χ1) is 7.13. The molecule has 0 spiro atoms. The van der Waals surface area contributed by atoms with Crippen LogP contribution in [0, 0.1) is 0 Å². The summed E-state index contributed by atoms with van der Waals surface area (Å²) in [5.41, 5.74) is 6.14. The second kappa shape index (κ2) is 5.88. The van der Waals surface area contributed by atoms with Crippen molar-refractivity contribution in [3.63, 3.8) is 0 Å². The van der Waals surface area contributed by atoms with Crippen molar-refractivity contribution in [2.24, 2.45) is 5.73 Å². The third-order valence-corrected chi connectivity index (χ3v) is 2.04. The Balaban J connectivity index is 2.76. The molecule has 0 aliphatic carbocycles. The minimum absolute atomic E-state index is 0.421. The van der Waals surface area contributed by atoms with Gasteiger partial charge in [0.25, 0.3) is 6.43 Å². The van der Waals surface area contributed by atoms with Crippen LogP contribution in [0.4, 0.5) is 8.78 Å². The molecule has 0 saturated heterocycles. The molecular formula is C10H12ClF2NO. The normalized spacial score (nSPS) is 10.7. The largest absolute Gasteiger partial charge is 0.487 e. The number of ether oxygens (including phenoxy) is 1. The zero-order valence-electron chi connectivity index (χ0n) is 8.05. The van der Waals surface area contributed by atoms with E-state index in [1.165, 1.54) is 0 Å². The van der Waals surface area contributed by atoms with Crippen molar-refractivity contribution < 1.29 is 13.5 Å². The molecule has 0 aromatic heterocycles. The number of rotatable bonds is 5. The molecule has 0 saturated carbocycles. The Morgan fingerprint density at radius 1 is 1.40 bits per heavy atom. The zero-order chi connectivity index (χ0) is 11.3. The van der Waals surface area contributed by atoms with Gasteiger partial charge in [-0.2, -0.15) is 0 Å². The minimum atomic E-state index is -2.48. The molecule has 0 aliphatic rings. The van der Waals surface area contributed by atoms with Gasteiger partial charge in [-0.1, -0.05) is 11.6 Å². The molecule has 2 N–H and O–H groups in total. The fourth-order valence-electron chi connectivity index (χ4n) is 1.19. The highest BCUT2D eigenvalue weighted by Crippen LogP contribution is 2.23. The van der Waals surface area contributed by atoms with Crippen LogP contribution in [0.5, 0.6) is 5.75 Å². The summed E-state index contributed by atoms with van der Waals surface area (Å²) >= 11 is 5.77. The van der Waals surface area contributed by atoms with Crippen LogP contribution in [0.15, 0.2) is 18.2 Å². The highest BCUT2D eigenvalue weighted by Gasteiger charge is 2.07. The molecular weight excluding hydrogens is 224 g/mol. The van der Waals surface area contributed by atoms with Crippen molar-refractivity contribution in [3.8, 4) is 5.75 Å². The second-order valence-corrected chi connectivity index (χ2v) is 3.43. The smallest absolute Gasteiger partial charge is 0.272 e. The fraction of sp³-hybridized carbons (Fsp3) is 0.400. The number of halogens is 3. The molecule has 1 aromatic carbocycles. The van der Waals surface area contributed by atoms with Crippen molar-refractivity contribution in [3.05, 3.63) is 28.8 Å². The van der Waals surface area contributed by atoms with Gasteiger partial charge in [-0.3, -0.25) is 0 Å².